The highest BCUT2D eigenvalue weighted by atomic mass is 16.6. The van der Waals surface area contributed by atoms with Crippen LogP contribution in [0.3, 0.4) is 0 Å². The zero-order valence-electron chi connectivity index (χ0n) is 13.2. The Bertz CT molecular complexity index is 816. The van der Waals surface area contributed by atoms with Gasteiger partial charge in [-0.15, -0.1) is 0 Å². The van der Waals surface area contributed by atoms with Gasteiger partial charge in [-0.25, -0.2) is 4.79 Å². The highest BCUT2D eigenvalue weighted by Gasteiger charge is 2.29. The molecule has 0 unspecified atom stereocenters. The number of nitro groups is 2. The minimum atomic E-state index is -0.921. The van der Waals surface area contributed by atoms with Crippen molar-refractivity contribution in [3.05, 3.63) is 62.2 Å². The van der Waals surface area contributed by atoms with E-state index >= 15 is 0 Å². The maximum atomic E-state index is 11.6. The van der Waals surface area contributed by atoms with Gasteiger partial charge in [-0.3, -0.25) is 20.2 Å². The molecule has 0 aliphatic rings. The number of nitrogens with one attached hydrogen (secondary N) is 1. The SMILES string of the molecule is COC(=O)c1cc([N+](=O)[O-])c(Nc2ccccc2OC)c([N+](=O)[O-])c1. The lowest BCUT2D eigenvalue weighted by Crippen LogP contribution is -2.07. The summed E-state index contributed by atoms with van der Waals surface area (Å²) in [5.41, 5.74) is -1.65. The van der Waals surface area contributed by atoms with Crippen molar-refractivity contribution in [2.24, 2.45) is 0 Å². The molecule has 10 nitrogen and oxygen atoms in total. The fraction of sp³-hybridized carbons (Fsp3) is 0.133. The van der Waals surface area contributed by atoms with Gasteiger partial charge in [0.2, 0.25) is 0 Å². The summed E-state index contributed by atoms with van der Waals surface area (Å²) < 4.78 is 9.60. The summed E-state index contributed by atoms with van der Waals surface area (Å²) in [5.74, 6) is -0.585. The molecule has 1 N–H and O–H groups in total. The Morgan fingerprint density at radius 1 is 1.04 bits per heavy atom. The second kappa shape index (κ2) is 7.25. The molecule has 0 atom stereocenters. The maximum absolute atomic E-state index is 11.6. The summed E-state index contributed by atoms with van der Waals surface area (Å²) in [6, 6.07) is 8.26. The fourth-order valence-corrected chi connectivity index (χ4v) is 2.15. The fourth-order valence-electron chi connectivity index (χ4n) is 2.15. The summed E-state index contributed by atoms with van der Waals surface area (Å²) in [5, 5.41) is 25.4. The number of benzene rings is 2. The zero-order valence-corrected chi connectivity index (χ0v) is 13.2. The van der Waals surface area contributed by atoms with Crippen molar-refractivity contribution in [2.75, 3.05) is 19.5 Å². The first kappa shape index (κ1) is 17.7. The molecule has 0 aromatic heterocycles. The van der Waals surface area contributed by atoms with Crippen molar-refractivity contribution in [3.63, 3.8) is 0 Å². The van der Waals surface area contributed by atoms with Gasteiger partial charge in [0.25, 0.3) is 0 Å². The number of rotatable bonds is 6. The van der Waals surface area contributed by atoms with Gasteiger partial charge >= 0.3 is 17.3 Å². The summed E-state index contributed by atoms with van der Waals surface area (Å²) in [6.07, 6.45) is 0. The quantitative estimate of drug-likeness (QED) is 0.478. The third kappa shape index (κ3) is 3.63. The highest BCUT2D eigenvalue weighted by Crippen LogP contribution is 2.39. The monoisotopic (exact) mass is 347 g/mol. The first-order chi connectivity index (χ1) is 11.9. The number of carbonyl (C=O) groups excluding carboxylic acids is 1. The molecule has 0 saturated carbocycles. The van der Waals surface area contributed by atoms with Crippen LogP contribution >= 0.6 is 0 Å². The topological polar surface area (TPSA) is 134 Å². The standard InChI is InChI=1S/C15H13N3O7/c1-24-13-6-4-3-5-10(13)16-14-11(17(20)21)7-9(15(19)25-2)8-12(14)18(22)23/h3-8,16H,1-2H3. The van der Waals surface area contributed by atoms with Crippen molar-refractivity contribution >= 4 is 28.7 Å². The number of esters is 1. The summed E-state index contributed by atoms with van der Waals surface area (Å²) in [4.78, 5) is 32.7. The molecule has 0 radical (unpaired) electrons. The van der Waals surface area contributed by atoms with Crippen LogP contribution in [0.5, 0.6) is 5.75 Å². The number of methoxy groups -OCH3 is 2. The van der Waals surface area contributed by atoms with E-state index in [9.17, 15) is 25.0 Å². The average molecular weight is 347 g/mol. The lowest BCUT2D eigenvalue weighted by atomic mass is 10.1. The van der Waals surface area contributed by atoms with E-state index in [1.54, 1.807) is 24.3 Å². The number of nitrogens with zero attached hydrogens (tertiary/aromatic N) is 2. The molecule has 0 heterocycles. The lowest BCUT2D eigenvalue weighted by Gasteiger charge is -2.12. The van der Waals surface area contributed by atoms with E-state index in [2.05, 4.69) is 10.1 Å². The molecule has 2 rings (SSSR count). The molecule has 0 amide bonds. The molecule has 0 saturated heterocycles. The van der Waals surface area contributed by atoms with Crippen molar-refractivity contribution in [3.8, 4) is 5.75 Å². The molecule has 0 bridgehead atoms. The molecule has 2 aromatic rings. The van der Waals surface area contributed by atoms with Gasteiger partial charge in [-0.1, -0.05) is 12.1 Å². The van der Waals surface area contributed by atoms with Crippen molar-refractivity contribution in [1.82, 2.24) is 0 Å². The maximum Gasteiger partial charge on any atom is 0.338 e. The van der Waals surface area contributed by atoms with Crippen LogP contribution in [0.4, 0.5) is 22.7 Å². The summed E-state index contributed by atoms with van der Waals surface area (Å²) >= 11 is 0. The van der Waals surface area contributed by atoms with Crippen LogP contribution in [0.1, 0.15) is 10.4 Å². The second-order valence-electron chi connectivity index (χ2n) is 4.72. The molecule has 0 fully saturated rings. The number of hydrogen-bond donors (Lipinski definition) is 1. The number of carbonyl (C=O) groups is 1. The van der Waals surface area contributed by atoms with Gasteiger partial charge in [0, 0.05) is 12.1 Å². The third-order valence-corrected chi connectivity index (χ3v) is 3.28. The third-order valence-electron chi connectivity index (χ3n) is 3.28. The van der Waals surface area contributed by atoms with E-state index in [1.165, 1.54) is 7.11 Å². The van der Waals surface area contributed by atoms with Crippen LogP contribution in [0.15, 0.2) is 36.4 Å². The normalized spacial score (nSPS) is 10.0. The minimum absolute atomic E-state index is 0.294. The van der Waals surface area contributed by atoms with Crippen LogP contribution in [0.25, 0.3) is 0 Å². The second-order valence-corrected chi connectivity index (χ2v) is 4.72. The largest absolute Gasteiger partial charge is 0.495 e. The highest BCUT2D eigenvalue weighted by molar-refractivity contribution is 5.94. The predicted molar refractivity (Wildman–Crippen MR) is 87.4 cm³/mol. The smallest absolute Gasteiger partial charge is 0.338 e. The Morgan fingerprint density at radius 3 is 2.08 bits per heavy atom. The van der Waals surface area contributed by atoms with E-state index in [4.69, 9.17) is 4.74 Å². The summed E-state index contributed by atoms with van der Waals surface area (Å²) in [7, 11) is 2.46. The molecular formula is C15H13N3O7. The molecule has 0 spiro atoms. The van der Waals surface area contributed by atoms with Gasteiger partial charge in [0.15, 0.2) is 5.69 Å². The van der Waals surface area contributed by atoms with Crippen LogP contribution < -0.4 is 10.1 Å². The van der Waals surface area contributed by atoms with E-state index in [0.717, 1.165) is 19.2 Å². The lowest BCUT2D eigenvalue weighted by molar-refractivity contribution is -0.392. The molecule has 25 heavy (non-hydrogen) atoms. The number of para-hydroxylation sites is 2. The van der Waals surface area contributed by atoms with E-state index < -0.39 is 27.2 Å². The van der Waals surface area contributed by atoms with Gasteiger partial charge in [0.1, 0.15) is 5.75 Å². The van der Waals surface area contributed by atoms with Gasteiger partial charge < -0.3 is 14.8 Å². The average Bonchev–Trinajstić information content (AvgIpc) is 2.61. The van der Waals surface area contributed by atoms with Crippen LogP contribution in [-0.4, -0.2) is 30.0 Å². The van der Waals surface area contributed by atoms with E-state index in [1.807, 2.05) is 0 Å². The molecule has 2 aromatic carbocycles. The number of nitro benzene ring substituents is 2. The Morgan fingerprint density at radius 2 is 1.60 bits per heavy atom. The number of hydrogen-bond acceptors (Lipinski definition) is 8. The van der Waals surface area contributed by atoms with Gasteiger partial charge in [0.05, 0.1) is 35.3 Å². The number of ether oxygens (including phenoxy) is 2. The Labute approximate surface area is 141 Å². The summed E-state index contributed by atoms with van der Waals surface area (Å²) in [6.45, 7) is 0. The molecule has 0 aliphatic heterocycles. The minimum Gasteiger partial charge on any atom is -0.495 e. The molecular weight excluding hydrogens is 334 g/mol. The number of anilines is 2. The Balaban J connectivity index is 2.68. The zero-order chi connectivity index (χ0) is 18.6. The molecule has 130 valence electrons. The van der Waals surface area contributed by atoms with Crippen LogP contribution in [0.2, 0.25) is 0 Å². The van der Waals surface area contributed by atoms with Crippen molar-refractivity contribution in [2.45, 2.75) is 0 Å². The van der Waals surface area contributed by atoms with Gasteiger partial charge in [-0.05, 0) is 12.1 Å². The van der Waals surface area contributed by atoms with Crippen LogP contribution in [-0.2, 0) is 4.74 Å². The van der Waals surface area contributed by atoms with E-state index in [-0.39, 0.29) is 11.3 Å². The Hall–Kier alpha value is -3.69. The van der Waals surface area contributed by atoms with Crippen molar-refractivity contribution in [1.29, 1.82) is 0 Å². The molecule has 0 aliphatic carbocycles. The van der Waals surface area contributed by atoms with Crippen LogP contribution in [0, 0.1) is 20.2 Å². The predicted octanol–water partition coefficient (Wildman–Crippen LogP) is 3.04. The molecule has 10 heteroatoms. The first-order valence-electron chi connectivity index (χ1n) is 6.84. The van der Waals surface area contributed by atoms with E-state index in [0.29, 0.717) is 11.4 Å². The van der Waals surface area contributed by atoms with Gasteiger partial charge in [-0.2, -0.15) is 0 Å². The Kier molecular flexibility index (Phi) is 5.12. The first-order valence-corrected chi connectivity index (χ1v) is 6.84. The van der Waals surface area contributed by atoms with Crippen molar-refractivity contribution < 1.29 is 24.1 Å².